The first-order chi connectivity index (χ1) is 22.0. The fraction of sp³-hybridized carbons (Fsp3) is 0.278. The van der Waals surface area contributed by atoms with Crippen molar-refractivity contribution in [2.24, 2.45) is 0 Å². The van der Waals surface area contributed by atoms with E-state index in [9.17, 15) is 18.0 Å². The summed E-state index contributed by atoms with van der Waals surface area (Å²) in [5.41, 5.74) is 3.72. The number of carbonyl (C=O) groups excluding carboxylic acids is 2. The Morgan fingerprint density at radius 2 is 1.52 bits per heavy atom. The van der Waals surface area contributed by atoms with Crippen LogP contribution in [0.5, 0.6) is 0 Å². The summed E-state index contributed by atoms with van der Waals surface area (Å²) in [4.78, 5) is 29.9. The molecule has 0 heterocycles. The van der Waals surface area contributed by atoms with E-state index in [0.29, 0.717) is 6.54 Å². The largest absolute Gasteiger partial charge is 0.354 e. The van der Waals surface area contributed by atoms with Gasteiger partial charge in [0.2, 0.25) is 11.8 Å². The molecule has 0 saturated carbocycles. The summed E-state index contributed by atoms with van der Waals surface area (Å²) in [6.07, 6.45) is 1.92. The maximum Gasteiger partial charge on any atom is 0.264 e. The number of hydrogen-bond donors (Lipinski definition) is 1. The van der Waals surface area contributed by atoms with Gasteiger partial charge in [-0.1, -0.05) is 109 Å². The van der Waals surface area contributed by atoms with Crippen LogP contribution in [0.25, 0.3) is 0 Å². The smallest absolute Gasteiger partial charge is 0.264 e. The third-order valence-corrected chi connectivity index (χ3v) is 10.3. The molecule has 1 atom stereocenters. The van der Waals surface area contributed by atoms with Gasteiger partial charge in [0, 0.05) is 19.5 Å². The maximum absolute atomic E-state index is 14.6. The molecular weight excluding hydrogens is 641 g/mol. The van der Waals surface area contributed by atoms with Crippen molar-refractivity contribution >= 4 is 50.7 Å². The van der Waals surface area contributed by atoms with Crippen LogP contribution >= 0.6 is 23.2 Å². The topological polar surface area (TPSA) is 86.8 Å². The minimum absolute atomic E-state index is 0.0144. The average Bonchev–Trinajstić information content (AvgIpc) is 3.04. The van der Waals surface area contributed by atoms with Gasteiger partial charge in [-0.05, 0) is 67.3 Å². The Balaban J connectivity index is 1.81. The maximum atomic E-state index is 14.6. The van der Waals surface area contributed by atoms with Crippen LogP contribution in [0.4, 0.5) is 5.69 Å². The highest BCUT2D eigenvalue weighted by Gasteiger charge is 2.35. The minimum Gasteiger partial charge on any atom is -0.354 e. The van der Waals surface area contributed by atoms with Crippen molar-refractivity contribution in [3.05, 3.63) is 129 Å². The monoisotopic (exact) mass is 679 g/mol. The van der Waals surface area contributed by atoms with E-state index in [1.165, 1.54) is 35.2 Å². The van der Waals surface area contributed by atoms with Crippen molar-refractivity contribution < 1.29 is 18.0 Å². The van der Waals surface area contributed by atoms with E-state index in [0.717, 1.165) is 39.4 Å². The molecule has 4 rings (SSSR count). The minimum atomic E-state index is -4.25. The lowest BCUT2D eigenvalue weighted by molar-refractivity contribution is -0.140. The van der Waals surface area contributed by atoms with Crippen LogP contribution in [0.2, 0.25) is 10.0 Å². The van der Waals surface area contributed by atoms with Gasteiger partial charge in [0.15, 0.2) is 0 Å². The number of anilines is 1. The van der Waals surface area contributed by atoms with Gasteiger partial charge >= 0.3 is 0 Å². The van der Waals surface area contributed by atoms with Gasteiger partial charge in [-0.15, -0.1) is 0 Å². The molecule has 7 nitrogen and oxygen atoms in total. The molecular formula is C36H39Cl2N3O4S. The third-order valence-electron chi connectivity index (χ3n) is 7.78. The first kappa shape index (κ1) is 35.0. The van der Waals surface area contributed by atoms with Crippen LogP contribution in [0.1, 0.15) is 42.0 Å². The number of rotatable bonds is 14. The molecule has 4 aromatic rings. The van der Waals surface area contributed by atoms with Crippen molar-refractivity contribution in [3.8, 4) is 0 Å². The van der Waals surface area contributed by atoms with Crippen LogP contribution in [0, 0.1) is 13.8 Å². The van der Waals surface area contributed by atoms with Crippen molar-refractivity contribution in [2.45, 2.75) is 57.5 Å². The number of sulfonamides is 1. The SMILES string of the molecule is CCCCNC(=O)[C@@H](Cc1ccccc1)N(Cc1ccccc1C)C(=O)CN(c1ccc(Cl)c(Cl)c1)S(=O)(=O)c1ccc(C)cc1. The standard InChI is InChI=1S/C36H39Cl2N3O4S/c1-4-5-21-39-36(43)34(22-28-12-7-6-8-13-28)40(24-29-14-10-9-11-27(29)3)35(42)25-41(30-17-20-32(37)33(38)23-30)46(44,45)31-18-15-26(2)16-19-31/h6-20,23,34H,4-5,21-22,24-25H2,1-3H3,(H,39,43)/t34-/m1/s1. The molecule has 0 unspecified atom stereocenters. The predicted molar refractivity (Wildman–Crippen MR) is 186 cm³/mol. The summed E-state index contributed by atoms with van der Waals surface area (Å²) in [6.45, 7) is 5.82. The van der Waals surface area contributed by atoms with Gasteiger partial charge in [0.1, 0.15) is 12.6 Å². The summed E-state index contributed by atoms with van der Waals surface area (Å²) < 4.78 is 29.4. The van der Waals surface area contributed by atoms with Crippen molar-refractivity contribution in [1.29, 1.82) is 0 Å². The van der Waals surface area contributed by atoms with E-state index in [-0.39, 0.29) is 39.5 Å². The number of hydrogen-bond acceptors (Lipinski definition) is 4. The van der Waals surface area contributed by atoms with Crippen molar-refractivity contribution in [1.82, 2.24) is 10.2 Å². The molecule has 0 aromatic heterocycles. The molecule has 46 heavy (non-hydrogen) atoms. The highest BCUT2D eigenvalue weighted by Crippen LogP contribution is 2.31. The Bertz CT molecular complexity index is 1750. The molecule has 242 valence electrons. The second-order valence-electron chi connectivity index (χ2n) is 11.2. The van der Waals surface area contributed by atoms with Crippen LogP contribution < -0.4 is 9.62 Å². The molecule has 0 aliphatic carbocycles. The van der Waals surface area contributed by atoms with Crippen LogP contribution in [-0.2, 0) is 32.6 Å². The summed E-state index contributed by atoms with van der Waals surface area (Å²) in [7, 11) is -4.25. The van der Waals surface area contributed by atoms with Crippen molar-refractivity contribution in [2.75, 3.05) is 17.4 Å². The van der Waals surface area contributed by atoms with Crippen LogP contribution in [-0.4, -0.2) is 44.3 Å². The number of unbranched alkanes of at least 4 members (excludes halogenated alkanes) is 1. The highest BCUT2D eigenvalue weighted by molar-refractivity contribution is 7.92. The number of benzene rings is 4. The quantitative estimate of drug-likeness (QED) is 0.141. The fourth-order valence-corrected chi connectivity index (χ4v) is 6.74. The van der Waals surface area contributed by atoms with E-state index in [4.69, 9.17) is 23.2 Å². The van der Waals surface area contributed by atoms with Crippen molar-refractivity contribution in [3.63, 3.8) is 0 Å². The number of carbonyl (C=O) groups is 2. The lowest BCUT2D eigenvalue weighted by atomic mass is 10.0. The summed E-state index contributed by atoms with van der Waals surface area (Å²) in [5, 5.41) is 3.39. The normalized spacial score (nSPS) is 11.9. The Morgan fingerprint density at radius 1 is 0.848 bits per heavy atom. The van der Waals surface area contributed by atoms with Gasteiger partial charge in [-0.2, -0.15) is 0 Å². The zero-order chi connectivity index (χ0) is 33.3. The molecule has 0 aliphatic heterocycles. The summed E-state index contributed by atoms with van der Waals surface area (Å²) in [5.74, 6) is -0.849. The molecule has 1 N–H and O–H groups in total. The third kappa shape index (κ3) is 8.90. The molecule has 0 fully saturated rings. The van der Waals surface area contributed by atoms with Crippen LogP contribution in [0.3, 0.4) is 0 Å². The number of nitrogens with one attached hydrogen (secondary N) is 1. The van der Waals surface area contributed by atoms with E-state index in [1.54, 1.807) is 12.1 Å². The average molecular weight is 681 g/mol. The number of aryl methyl sites for hydroxylation is 2. The Hall–Kier alpha value is -3.85. The van der Waals surface area contributed by atoms with Crippen LogP contribution in [0.15, 0.2) is 102 Å². The highest BCUT2D eigenvalue weighted by atomic mass is 35.5. The number of halogens is 2. The molecule has 0 spiro atoms. The summed E-state index contributed by atoms with van der Waals surface area (Å²) >= 11 is 12.5. The number of nitrogens with zero attached hydrogens (tertiary/aromatic N) is 2. The summed E-state index contributed by atoms with van der Waals surface area (Å²) in [6, 6.07) is 27.0. The molecule has 0 aliphatic rings. The zero-order valence-corrected chi connectivity index (χ0v) is 28.6. The zero-order valence-electron chi connectivity index (χ0n) is 26.2. The Morgan fingerprint density at radius 3 is 2.17 bits per heavy atom. The first-order valence-corrected chi connectivity index (χ1v) is 17.4. The molecule has 2 amide bonds. The van der Waals surface area contributed by atoms with E-state index < -0.39 is 28.5 Å². The second kappa shape index (κ2) is 16.1. The molecule has 0 radical (unpaired) electrons. The lowest BCUT2D eigenvalue weighted by Crippen LogP contribution is -2.53. The van der Waals surface area contributed by atoms with E-state index in [1.807, 2.05) is 75.4 Å². The van der Waals surface area contributed by atoms with Gasteiger partial charge in [-0.25, -0.2) is 8.42 Å². The molecule has 0 saturated heterocycles. The number of amides is 2. The van der Waals surface area contributed by atoms with E-state index in [2.05, 4.69) is 5.32 Å². The lowest BCUT2D eigenvalue weighted by Gasteiger charge is -2.34. The first-order valence-electron chi connectivity index (χ1n) is 15.2. The van der Waals surface area contributed by atoms with Gasteiger partial charge in [-0.3, -0.25) is 13.9 Å². The Kier molecular flexibility index (Phi) is 12.3. The van der Waals surface area contributed by atoms with E-state index >= 15 is 0 Å². The molecule has 0 bridgehead atoms. The molecule has 4 aromatic carbocycles. The fourth-order valence-electron chi connectivity index (χ4n) is 5.04. The van der Waals surface area contributed by atoms with Gasteiger partial charge < -0.3 is 10.2 Å². The van der Waals surface area contributed by atoms with Gasteiger partial charge in [0.05, 0.1) is 20.6 Å². The molecule has 10 heteroatoms. The predicted octanol–water partition coefficient (Wildman–Crippen LogP) is 7.36. The second-order valence-corrected chi connectivity index (χ2v) is 13.9. The van der Waals surface area contributed by atoms with Gasteiger partial charge in [0.25, 0.3) is 10.0 Å². The Labute approximate surface area is 282 Å².